The largest absolute Gasteiger partial charge is 0.352 e. The number of nitrogens with one attached hydrogen (secondary N) is 2. The summed E-state index contributed by atoms with van der Waals surface area (Å²) in [5, 5.41) is 7.67. The van der Waals surface area contributed by atoms with Crippen molar-refractivity contribution in [3.05, 3.63) is 64.2 Å². The lowest BCUT2D eigenvalue weighted by molar-refractivity contribution is 0.0955. The smallest absolute Gasteiger partial charge is 0.252 e. The van der Waals surface area contributed by atoms with Crippen LogP contribution in [0.1, 0.15) is 15.9 Å². The third-order valence-corrected chi connectivity index (χ3v) is 3.45. The molecule has 1 amide bonds. The highest BCUT2D eigenvalue weighted by Gasteiger charge is 2.11. The predicted octanol–water partition coefficient (Wildman–Crippen LogP) is 1.23. The quantitative estimate of drug-likeness (QED) is 0.760. The van der Waals surface area contributed by atoms with Gasteiger partial charge in [0, 0.05) is 36.8 Å². The summed E-state index contributed by atoms with van der Waals surface area (Å²) >= 11 is 0. The number of rotatable bonds is 4. The molecule has 0 radical (unpaired) electrons. The zero-order valence-corrected chi connectivity index (χ0v) is 12.2. The van der Waals surface area contributed by atoms with Gasteiger partial charge < -0.3 is 10.3 Å². The lowest BCUT2D eigenvalue weighted by atomic mass is 10.1. The molecule has 0 spiro atoms. The number of H-pyrrole nitrogens is 1. The molecule has 2 aromatic heterocycles. The van der Waals surface area contributed by atoms with Crippen molar-refractivity contribution in [3.63, 3.8) is 0 Å². The van der Waals surface area contributed by atoms with Gasteiger partial charge in [0.25, 0.3) is 5.91 Å². The topological polar surface area (TPSA) is 79.8 Å². The summed E-state index contributed by atoms with van der Waals surface area (Å²) in [4.78, 5) is 26.7. The predicted molar refractivity (Wildman–Crippen MR) is 83.8 cm³/mol. The normalized spacial score (nSPS) is 10.8. The number of pyridine rings is 1. The minimum atomic E-state index is -0.281. The standard InChI is InChI=1S/C16H16N4O2/c1-20-10-11(9-18-20)6-7-17-16(22)13-8-15(21)19-14-5-3-2-4-12(13)14/h2-5,8-10H,6-7H2,1H3,(H,17,22)(H,19,21). The van der Waals surface area contributed by atoms with E-state index in [0.717, 1.165) is 10.9 Å². The van der Waals surface area contributed by atoms with Crippen LogP contribution in [-0.2, 0) is 13.5 Å². The van der Waals surface area contributed by atoms with E-state index in [4.69, 9.17) is 0 Å². The van der Waals surface area contributed by atoms with E-state index in [1.54, 1.807) is 16.9 Å². The van der Waals surface area contributed by atoms with Crippen LogP contribution in [0.3, 0.4) is 0 Å². The first-order valence-corrected chi connectivity index (χ1v) is 7.01. The fraction of sp³-hybridized carbons (Fsp3) is 0.188. The number of aromatic amines is 1. The molecule has 0 saturated carbocycles. The SMILES string of the molecule is Cn1cc(CCNC(=O)c2cc(=O)[nH]c3ccccc23)cn1. The number of benzene rings is 1. The van der Waals surface area contributed by atoms with Crippen molar-refractivity contribution in [2.75, 3.05) is 6.54 Å². The van der Waals surface area contributed by atoms with E-state index in [2.05, 4.69) is 15.4 Å². The lowest BCUT2D eigenvalue weighted by Gasteiger charge is -2.07. The molecule has 0 aliphatic rings. The second-order valence-corrected chi connectivity index (χ2v) is 5.12. The van der Waals surface area contributed by atoms with Crippen LogP contribution in [0, 0.1) is 0 Å². The van der Waals surface area contributed by atoms with Gasteiger partial charge in [-0.25, -0.2) is 0 Å². The monoisotopic (exact) mass is 296 g/mol. The number of hydrogen-bond acceptors (Lipinski definition) is 3. The summed E-state index contributed by atoms with van der Waals surface area (Å²) in [5.41, 5.74) is 1.83. The van der Waals surface area contributed by atoms with Crippen LogP contribution in [0.4, 0.5) is 0 Å². The minimum Gasteiger partial charge on any atom is -0.352 e. The van der Waals surface area contributed by atoms with E-state index in [9.17, 15) is 9.59 Å². The Morgan fingerprint density at radius 1 is 1.36 bits per heavy atom. The second kappa shape index (κ2) is 5.85. The van der Waals surface area contributed by atoms with Crippen molar-refractivity contribution in [2.24, 2.45) is 7.05 Å². The second-order valence-electron chi connectivity index (χ2n) is 5.12. The molecule has 0 atom stereocenters. The summed E-state index contributed by atoms with van der Waals surface area (Å²) in [6, 6.07) is 8.60. The number of carbonyl (C=O) groups is 1. The molecule has 0 fully saturated rings. The third-order valence-electron chi connectivity index (χ3n) is 3.45. The number of aryl methyl sites for hydroxylation is 1. The molecule has 0 bridgehead atoms. The molecule has 0 aliphatic heterocycles. The highest BCUT2D eigenvalue weighted by molar-refractivity contribution is 6.05. The van der Waals surface area contributed by atoms with Crippen LogP contribution in [0.5, 0.6) is 0 Å². The molecule has 2 heterocycles. The van der Waals surface area contributed by atoms with Gasteiger partial charge in [-0.3, -0.25) is 14.3 Å². The Labute approximate surface area is 126 Å². The number of nitrogens with zero attached hydrogens (tertiary/aromatic N) is 2. The van der Waals surface area contributed by atoms with Gasteiger partial charge in [-0.2, -0.15) is 5.10 Å². The van der Waals surface area contributed by atoms with Crippen molar-refractivity contribution in [1.29, 1.82) is 0 Å². The Morgan fingerprint density at radius 2 is 2.18 bits per heavy atom. The first-order valence-electron chi connectivity index (χ1n) is 7.01. The lowest BCUT2D eigenvalue weighted by Crippen LogP contribution is -2.27. The first kappa shape index (κ1) is 14.1. The maximum absolute atomic E-state index is 12.3. The van der Waals surface area contributed by atoms with E-state index >= 15 is 0 Å². The highest BCUT2D eigenvalue weighted by atomic mass is 16.2. The molecular weight excluding hydrogens is 280 g/mol. The molecule has 0 unspecified atom stereocenters. The molecule has 6 heteroatoms. The summed E-state index contributed by atoms with van der Waals surface area (Å²) in [6.45, 7) is 0.492. The molecule has 0 aliphatic carbocycles. The van der Waals surface area contributed by atoms with Gasteiger partial charge in [-0.15, -0.1) is 0 Å². The van der Waals surface area contributed by atoms with Gasteiger partial charge in [0.05, 0.1) is 11.8 Å². The van der Waals surface area contributed by atoms with Gasteiger partial charge in [-0.05, 0) is 18.1 Å². The van der Waals surface area contributed by atoms with Gasteiger partial charge in [0.1, 0.15) is 0 Å². The van der Waals surface area contributed by atoms with Gasteiger partial charge in [0.15, 0.2) is 0 Å². The Morgan fingerprint density at radius 3 is 2.95 bits per heavy atom. The maximum atomic E-state index is 12.3. The van der Waals surface area contributed by atoms with Crippen molar-refractivity contribution >= 4 is 16.8 Å². The number of aromatic nitrogens is 3. The Balaban J connectivity index is 1.76. The molecular formula is C16H16N4O2. The van der Waals surface area contributed by atoms with Crippen LogP contribution in [0.25, 0.3) is 10.9 Å². The molecule has 3 rings (SSSR count). The fourth-order valence-corrected chi connectivity index (χ4v) is 2.41. The van der Waals surface area contributed by atoms with E-state index < -0.39 is 0 Å². The Kier molecular flexibility index (Phi) is 3.74. The van der Waals surface area contributed by atoms with Crippen LogP contribution in [0.15, 0.2) is 47.5 Å². The van der Waals surface area contributed by atoms with Gasteiger partial charge >= 0.3 is 0 Å². The van der Waals surface area contributed by atoms with E-state index in [1.165, 1.54) is 6.07 Å². The molecule has 22 heavy (non-hydrogen) atoms. The van der Waals surface area contributed by atoms with Crippen LogP contribution in [0.2, 0.25) is 0 Å². The average Bonchev–Trinajstić information content (AvgIpc) is 2.91. The maximum Gasteiger partial charge on any atom is 0.252 e. The molecule has 0 saturated heterocycles. The fourth-order valence-electron chi connectivity index (χ4n) is 2.41. The van der Waals surface area contributed by atoms with Crippen LogP contribution in [-0.4, -0.2) is 27.2 Å². The van der Waals surface area contributed by atoms with E-state index in [0.29, 0.717) is 24.0 Å². The number of hydrogen-bond donors (Lipinski definition) is 2. The Bertz CT molecular complexity index is 879. The number of fused-ring (bicyclic) bond motifs is 1. The molecule has 1 aromatic carbocycles. The zero-order chi connectivity index (χ0) is 15.5. The highest BCUT2D eigenvalue weighted by Crippen LogP contribution is 2.14. The van der Waals surface area contributed by atoms with Crippen molar-refractivity contribution < 1.29 is 4.79 Å². The van der Waals surface area contributed by atoms with Crippen LogP contribution < -0.4 is 10.9 Å². The number of carbonyl (C=O) groups excluding carboxylic acids is 1. The third kappa shape index (κ3) is 2.90. The summed E-state index contributed by atoms with van der Waals surface area (Å²) in [6.07, 6.45) is 4.38. The van der Waals surface area contributed by atoms with E-state index in [1.807, 2.05) is 31.4 Å². The molecule has 6 nitrogen and oxygen atoms in total. The Hall–Kier alpha value is -2.89. The van der Waals surface area contributed by atoms with Crippen LogP contribution >= 0.6 is 0 Å². The van der Waals surface area contributed by atoms with Crippen molar-refractivity contribution in [3.8, 4) is 0 Å². The molecule has 3 aromatic rings. The minimum absolute atomic E-state index is 0.244. The first-order chi connectivity index (χ1) is 10.6. The summed E-state index contributed by atoms with van der Waals surface area (Å²) in [7, 11) is 1.85. The molecule has 112 valence electrons. The van der Waals surface area contributed by atoms with Gasteiger partial charge in [-0.1, -0.05) is 18.2 Å². The summed E-state index contributed by atoms with van der Waals surface area (Å²) < 4.78 is 1.72. The van der Waals surface area contributed by atoms with Crippen molar-refractivity contribution in [1.82, 2.24) is 20.1 Å². The number of amides is 1. The molecule has 2 N–H and O–H groups in total. The number of para-hydroxylation sites is 1. The average molecular weight is 296 g/mol. The zero-order valence-electron chi connectivity index (χ0n) is 12.2. The van der Waals surface area contributed by atoms with Gasteiger partial charge in [0.2, 0.25) is 5.56 Å². The van der Waals surface area contributed by atoms with Crippen molar-refractivity contribution in [2.45, 2.75) is 6.42 Å². The summed E-state index contributed by atoms with van der Waals surface area (Å²) in [5.74, 6) is -0.244. The van der Waals surface area contributed by atoms with E-state index in [-0.39, 0.29) is 11.5 Å².